The molecule has 3 aromatic heterocycles. The second kappa shape index (κ2) is 8.19. The van der Waals surface area contributed by atoms with Crippen LogP contribution in [0.1, 0.15) is 35.8 Å². The Kier molecular flexibility index (Phi) is 5.52. The molecule has 1 N–H and O–H groups in total. The monoisotopic (exact) mass is 353 g/mol. The summed E-state index contributed by atoms with van der Waals surface area (Å²) < 4.78 is 1.07. The zero-order chi connectivity index (χ0) is 18.4. The van der Waals surface area contributed by atoms with E-state index in [1.165, 1.54) is 6.33 Å². The number of nitrogens with one attached hydrogen (secondary N) is 1. The minimum atomic E-state index is -0.550. The van der Waals surface area contributed by atoms with Gasteiger partial charge in [-0.1, -0.05) is 19.4 Å². The number of rotatable bonds is 8. The van der Waals surface area contributed by atoms with E-state index in [-0.39, 0.29) is 5.56 Å². The van der Waals surface area contributed by atoms with E-state index < -0.39 is 5.56 Å². The van der Waals surface area contributed by atoms with Gasteiger partial charge in [-0.05, 0) is 18.6 Å². The molecule has 8 nitrogen and oxygen atoms in total. The highest BCUT2D eigenvalue weighted by atomic mass is 16.7. The van der Waals surface area contributed by atoms with Crippen LogP contribution >= 0.6 is 0 Å². The Morgan fingerprint density at radius 2 is 2.19 bits per heavy atom. The summed E-state index contributed by atoms with van der Waals surface area (Å²) in [6, 6.07) is 5.53. The molecule has 0 aromatic carbocycles. The SMILES string of the molecule is CCCCOn1c(=O)c(C=O)c(NCc2ccccn2)c2cncnc21. The molecule has 0 aliphatic rings. The van der Waals surface area contributed by atoms with Gasteiger partial charge in [-0.2, -0.15) is 0 Å². The van der Waals surface area contributed by atoms with Gasteiger partial charge in [-0.25, -0.2) is 9.97 Å². The van der Waals surface area contributed by atoms with E-state index in [0.717, 1.165) is 23.3 Å². The zero-order valence-corrected chi connectivity index (χ0v) is 14.4. The molecule has 134 valence electrons. The summed E-state index contributed by atoms with van der Waals surface area (Å²) in [7, 11) is 0. The van der Waals surface area contributed by atoms with Gasteiger partial charge in [0.1, 0.15) is 18.5 Å². The van der Waals surface area contributed by atoms with Crippen LogP contribution in [0.2, 0.25) is 0 Å². The van der Waals surface area contributed by atoms with Crippen LogP contribution in [0.5, 0.6) is 0 Å². The van der Waals surface area contributed by atoms with Crippen LogP contribution in [0.25, 0.3) is 11.0 Å². The van der Waals surface area contributed by atoms with Crippen molar-refractivity contribution >= 4 is 23.0 Å². The Balaban J connectivity index is 2.06. The average Bonchev–Trinajstić information content (AvgIpc) is 2.69. The highest BCUT2D eigenvalue weighted by molar-refractivity contribution is 5.98. The summed E-state index contributed by atoms with van der Waals surface area (Å²) in [4.78, 5) is 42.3. The Hall–Kier alpha value is -3.29. The molecule has 26 heavy (non-hydrogen) atoms. The third-order valence-electron chi connectivity index (χ3n) is 3.85. The van der Waals surface area contributed by atoms with Crippen molar-refractivity contribution in [3.05, 3.63) is 58.5 Å². The molecule has 0 aliphatic heterocycles. The largest absolute Gasteiger partial charge is 0.409 e. The number of anilines is 1. The molecule has 3 rings (SSSR count). The van der Waals surface area contributed by atoms with Crippen LogP contribution < -0.4 is 15.7 Å². The van der Waals surface area contributed by atoms with Gasteiger partial charge in [0.15, 0.2) is 11.9 Å². The van der Waals surface area contributed by atoms with E-state index >= 15 is 0 Å². The standard InChI is InChI=1S/C18H19N5O3/c1-2-3-8-26-23-17-14(10-19-12-22-17)16(15(11-24)18(23)25)21-9-13-6-4-5-7-20-13/h4-7,10-12,21H,2-3,8-9H2,1H3. The number of carbonyl (C=O) groups excluding carboxylic acids is 1. The predicted octanol–water partition coefficient (Wildman–Crippen LogP) is 1.84. The topological polar surface area (TPSA) is 99.0 Å². The van der Waals surface area contributed by atoms with E-state index in [1.807, 2.05) is 25.1 Å². The Bertz CT molecular complexity index is 956. The van der Waals surface area contributed by atoms with Gasteiger partial charge in [-0.3, -0.25) is 14.6 Å². The second-order valence-corrected chi connectivity index (χ2v) is 5.63. The Morgan fingerprint density at radius 1 is 1.31 bits per heavy atom. The average molecular weight is 353 g/mol. The lowest BCUT2D eigenvalue weighted by atomic mass is 10.1. The minimum absolute atomic E-state index is 0.0280. The first kappa shape index (κ1) is 17.5. The van der Waals surface area contributed by atoms with E-state index in [0.29, 0.717) is 36.2 Å². The molecular weight excluding hydrogens is 334 g/mol. The third-order valence-corrected chi connectivity index (χ3v) is 3.85. The van der Waals surface area contributed by atoms with Gasteiger partial charge in [0.2, 0.25) is 0 Å². The van der Waals surface area contributed by atoms with Crippen molar-refractivity contribution in [1.82, 2.24) is 19.7 Å². The maximum atomic E-state index is 12.7. The number of hydrogen-bond donors (Lipinski definition) is 1. The fraction of sp³-hybridized carbons (Fsp3) is 0.278. The van der Waals surface area contributed by atoms with Crippen LogP contribution in [-0.4, -0.2) is 32.6 Å². The molecular formula is C18H19N5O3. The first-order valence-corrected chi connectivity index (χ1v) is 8.37. The number of fused-ring (bicyclic) bond motifs is 1. The lowest BCUT2D eigenvalue weighted by Crippen LogP contribution is -2.32. The number of unbranched alkanes of at least 4 members (excludes halogenated alkanes) is 1. The predicted molar refractivity (Wildman–Crippen MR) is 97.1 cm³/mol. The molecule has 3 aromatic rings. The molecule has 8 heteroatoms. The van der Waals surface area contributed by atoms with Gasteiger partial charge >= 0.3 is 0 Å². The fourth-order valence-corrected chi connectivity index (χ4v) is 2.52. The van der Waals surface area contributed by atoms with Crippen molar-refractivity contribution in [2.45, 2.75) is 26.3 Å². The molecule has 0 bridgehead atoms. The molecule has 0 aliphatic carbocycles. The quantitative estimate of drug-likeness (QED) is 0.487. The number of carbonyl (C=O) groups is 1. The van der Waals surface area contributed by atoms with Crippen LogP contribution in [0, 0.1) is 0 Å². The van der Waals surface area contributed by atoms with Gasteiger partial charge in [0.05, 0.1) is 23.3 Å². The van der Waals surface area contributed by atoms with Crippen molar-refractivity contribution in [2.75, 3.05) is 11.9 Å². The highest BCUT2D eigenvalue weighted by Crippen LogP contribution is 2.22. The van der Waals surface area contributed by atoms with Crippen molar-refractivity contribution < 1.29 is 9.63 Å². The van der Waals surface area contributed by atoms with Crippen molar-refractivity contribution in [1.29, 1.82) is 0 Å². The molecule has 0 atom stereocenters. The third kappa shape index (κ3) is 3.53. The van der Waals surface area contributed by atoms with Crippen LogP contribution in [0.3, 0.4) is 0 Å². The number of hydrogen-bond acceptors (Lipinski definition) is 7. The van der Waals surface area contributed by atoms with Crippen molar-refractivity contribution in [2.24, 2.45) is 0 Å². The number of aldehydes is 1. The normalized spacial score (nSPS) is 10.7. The lowest BCUT2D eigenvalue weighted by Gasteiger charge is -2.15. The number of nitrogens with zero attached hydrogens (tertiary/aromatic N) is 4. The summed E-state index contributed by atoms with van der Waals surface area (Å²) >= 11 is 0. The van der Waals surface area contributed by atoms with Gasteiger partial charge in [-0.15, -0.1) is 4.73 Å². The molecule has 0 spiro atoms. The summed E-state index contributed by atoms with van der Waals surface area (Å²) in [6.45, 7) is 2.73. The lowest BCUT2D eigenvalue weighted by molar-refractivity contribution is 0.104. The highest BCUT2D eigenvalue weighted by Gasteiger charge is 2.18. The minimum Gasteiger partial charge on any atom is -0.409 e. The molecule has 3 heterocycles. The molecule has 0 radical (unpaired) electrons. The van der Waals surface area contributed by atoms with Crippen molar-refractivity contribution in [3.63, 3.8) is 0 Å². The maximum absolute atomic E-state index is 12.7. The summed E-state index contributed by atoms with van der Waals surface area (Å²) in [5.41, 5.74) is 0.889. The van der Waals surface area contributed by atoms with Crippen LogP contribution in [0.15, 0.2) is 41.7 Å². The fourth-order valence-electron chi connectivity index (χ4n) is 2.52. The summed E-state index contributed by atoms with van der Waals surface area (Å²) in [5.74, 6) is 0. The zero-order valence-electron chi connectivity index (χ0n) is 14.4. The summed E-state index contributed by atoms with van der Waals surface area (Å²) in [5, 5.41) is 3.65. The maximum Gasteiger partial charge on any atom is 0.297 e. The molecule has 0 saturated carbocycles. The molecule has 0 amide bonds. The van der Waals surface area contributed by atoms with E-state index in [4.69, 9.17) is 4.84 Å². The molecule has 0 unspecified atom stereocenters. The van der Waals surface area contributed by atoms with Gasteiger partial charge in [0, 0.05) is 12.4 Å². The summed E-state index contributed by atoms with van der Waals surface area (Å²) in [6.07, 6.45) is 6.80. The molecule has 0 saturated heterocycles. The van der Waals surface area contributed by atoms with E-state index in [9.17, 15) is 9.59 Å². The first-order chi connectivity index (χ1) is 12.8. The number of pyridine rings is 2. The first-order valence-electron chi connectivity index (χ1n) is 8.37. The van der Waals surface area contributed by atoms with Crippen LogP contribution in [0.4, 0.5) is 5.69 Å². The Morgan fingerprint density at radius 3 is 2.92 bits per heavy atom. The molecule has 0 fully saturated rings. The smallest absolute Gasteiger partial charge is 0.297 e. The van der Waals surface area contributed by atoms with Gasteiger partial charge in [0.25, 0.3) is 5.56 Å². The van der Waals surface area contributed by atoms with Gasteiger partial charge < -0.3 is 10.2 Å². The van der Waals surface area contributed by atoms with Crippen molar-refractivity contribution in [3.8, 4) is 0 Å². The Labute approximate surface area is 149 Å². The van der Waals surface area contributed by atoms with E-state index in [1.54, 1.807) is 12.4 Å². The second-order valence-electron chi connectivity index (χ2n) is 5.63. The number of aromatic nitrogens is 4. The van der Waals surface area contributed by atoms with Crippen LogP contribution in [-0.2, 0) is 6.54 Å². The van der Waals surface area contributed by atoms with E-state index in [2.05, 4.69) is 20.3 Å².